The summed E-state index contributed by atoms with van der Waals surface area (Å²) < 4.78 is 47.2. The zero-order valence-corrected chi connectivity index (χ0v) is 20.0. The normalized spacial score (nSPS) is 17.2. The van der Waals surface area contributed by atoms with Gasteiger partial charge in [-0.1, -0.05) is 31.2 Å². The number of benzene rings is 2. The number of sulfone groups is 1. The molecule has 178 valence electrons. The lowest BCUT2D eigenvalue weighted by atomic mass is 10.0. The van der Waals surface area contributed by atoms with Gasteiger partial charge in [0.25, 0.3) is 0 Å². The molecule has 0 bridgehead atoms. The number of imidazole rings is 1. The van der Waals surface area contributed by atoms with Crippen molar-refractivity contribution in [2.24, 2.45) is 5.73 Å². The minimum atomic E-state index is -3.59. The van der Waals surface area contributed by atoms with E-state index in [1.54, 1.807) is 24.3 Å². The fourth-order valence-corrected chi connectivity index (χ4v) is 5.37. The summed E-state index contributed by atoms with van der Waals surface area (Å²) in [5.74, 6) is 0.468. The molecule has 1 atom stereocenters. The van der Waals surface area contributed by atoms with Crippen molar-refractivity contribution in [2.45, 2.75) is 30.2 Å². The van der Waals surface area contributed by atoms with E-state index in [-0.39, 0.29) is 42.8 Å². The zero-order chi connectivity index (χ0) is 22.7. The van der Waals surface area contributed by atoms with Crippen LogP contribution in [-0.2, 0) is 27.5 Å². The summed E-state index contributed by atoms with van der Waals surface area (Å²) >= 11 is 0. The molecule has 0 amide bonds. The molecule has 7 nitrogen and oxygen atoms in total. The average molecular weight is 495 g/mol. The molecule has 2 heterocycles. The SMILES string of the molecule is CCc1nc2c(-c3ccc(S(=O)(=O)C4CNCCO4)cc3)cccc2n1C/C(F)=C/CN.Cl. The third-order valence-corrected chi connectivity index (χ3v) is 7.48. The smallest absolute Gasteiger partial charge is 0.206 e. The van der Waals surface area contributed by atoms with E-state index >= 15 is 0 Å². The fourth-order valence-electron chi connectivity index (χ4n) is 3.93. The number of fused-ring (bicyclic) bond motifs is 1. The largest absolute Gasteiger partial charge is 0.359 e. The van der Waals surface area contributed by atoms with E-state index in [0.717, 1.165) is 28.0 Å². The first-order valence-corrected chi connectivity index (χ1v) is 12.2. The van der Waals surface area contributed by atoms with Crippen LogP contribution >= 0.6 is 12.4 Å². The molecular formula is C23H28ClFN4O3S. The van der Waals surface area contributed by atoms with Gasteiger partial charge in [-0.15, -0.1) is 12.4 Å². The maximum absolute atomic E-state index is 14.2. The van der Waals surface area contributed by atoms with Gasteiger partial charge in [-0.3, -0.25) is 0 Å². The first-order valence-electron chi connectivity index (χ1n) is 10.6. The number of hydrogen-bond donors (Lipinski definition) is 2. The highest BCUT2D eigenvalue weighted by molar-refractivity contribution is 7.92. The molecule has 1 aliphatic heterocycles. The summed E-state index contributed by atoms with van der Waals surface area (Å²) in [5, 5.41) is 3.05. The van der Waals surface area contributed by atoms with Crippen molar-refractivity contribution in [3.05, 3.63) is 60.2 Å². The average Bonchev–Trinajstić information content (AvgIpc) is 3.17. The molecule has 1 fully saturated rings. The Kier molecular flexibility index (Phi) is 8.25. The molecule has 0 spiro atoms. The number of ether oxygens (including phenoxy) is 1. The number of nitrogens with zero attached hydrogens (tertiary/aromatic N) is 2. The first kappa shape index (κ1) is 25.3. The lowest BCUT2D eigenvalue weighted by Crippen LogP contribution is -2.42. The van der Waals surface area contributed by atoms with Crippen molar-refractivity contribution in [2.75, 3.05) is 26.2 Å². The predicted octanol–water partition coefficient (Wildman–Crippen LogP) is 3.22. The van der Waals surface area contributed by atoms with E-state index in [1.165, 1.54) is 6.08 Å². The Labute approximate surface area is 199 Å². The molecule has 0 saturated carbocycles. The molecule has 1 saturated heterocycles. The van der Waals surface area contributed by atoms with Crippen molar-refractivity contribution < 1.29 is 17.5 Å². The summed E-state index contributed by atoms with van der Waals surface area (Å²) in [6, 6.07) is 12.5. The van der Waals surface area contributed by atoms with Crippen molar-refractivity contribution in [1.29, 1.82) is 0 Å². The highest BCUT2D eigenvalue weighted by Gasteiger charge is 2.30. The van der Waals surface area contributed by atoms with Gasteiger partial charge in [0.15, 0.2) is 5.44 Å². The zero-order valence-electron chi connectivity index (χ0n) is 18.3. The number of para-hydroxylation sites is 1. The second-order valence-corrected chi connectivity index (χ2v) is 9.69. The van der Waals surface area contributed by atoms with Gasteiger partial charge in [0.05, 0.1) is 29.1 Å². The van der Waals surface area contributed by atoms with Gasteiger partial charge >= 0.3 is 0 Å². The van der Waals surface area contributed by atoms with Crippen molar-refractivity contribution >= 4 is 33.3 Å². The molecule has 1 unspecified atom stereocenters. The van der Waals surface area contributed by atoms with Crippen LogP contribution in [0.15, 0.2) is 59.3 Å². The Morgan fingerprint density at radius 3 is 2.70 bits per heavy atom. The second-order valence-electron chi connectivity index (χ2n) is 7.60. The molecule has 0 aliphatic carbocycles. The van der Waals surface area contributed by atoms with Crippen LogP contribution in [0.5, 0.6) is 0 Å². The molecule has 2 aromatic carbocycles. The highest BCUT2D eigenvalue weighted by Crippen LogP contribution is 2.31. The van der Waals surface area contributed by atoms with E-state index in [1.807, 2.05) is 29.7 Å². The van der Waals surface area contributed by atoms with Crippen molar-refractivity contribution in [3.8, 4) is 11.1 Å². The van der Waals surface area contributed by atoms with Crippen LogP contribution in [0.3, 0.4) is 0 Å². The van der Waals surface area contributed by atoms with Gasteiger partial charge in [0.1, 0.15) is 11.7 Å². The van der Waals surface area contributed by atoms with E-state index < -0.39 is 15.3 Å². The number of halogens is 2. The maximum atomic E-state index is 14.2. The summed E-state index contributed by atoms with van der Waals surface area (Å²) in [4.78, 5) is 4.98. The number of allylic oxidation sites excluding steroid dienone is 1. The monoisotopic (exact) mass is 494 g/mol. The molecule has 3 N–H and O–H groups in total. The van der Waals surface area contributed by atoms with Gasteiger partial charge in [0.2, 0.25) is 9.84 Å². The highest BCUT2D eigenvalue weighted by atomic mass is 35.5. The van der Waals surface area contributed by atoms with Gasteiger partial charge in [-0.2, -0.15) is 0 Å². The minimum absolute atomic E-state index is 0. The quantitative estimate of drug-likeness (QED) is 0.523. The standard InChI is InChI=1S/C23H27FN4O3S.ClH/c1-2-21-27-23-19(4-3-5-20(23)28(21)15-17(24)10-11-25)16-6-8-18(9-7-16)32(29,30)22-14-26-12-13-31-22;/h3-10,22,26H,2,11-15,25H2,1H3;1H/b17-10-;. The lowest BCUT2D eigenvalue weighted by Gasteiger charge is -2.23. The van der Waals surface area contributed by atoms with Crippen molar-refractivity contribution in [3.63, 3.8) is 0 Å². The maximum Gasteiger partial charge on any atom is 0.206 e. The third-order valence-electron chi connectivity index (χ3n) is 5.56. The Morgan fingerprint density at radius 2 is 2.06 bits per heavy atom. The summed E-state index contributed by atoms with van der Waals surface area (Å²) in [7, 11) is -3.59. The van der Waals surface area contributed by atoms with Gasteiger partial charge < -0.3 is 20.4 Å². The van der Waals surface area contributed by atoms with Crippen LogP contribution in [0.25, 0.3) is 22.2 Å². The molecular weight excluding hydrogens is 467 g/mol. The van der Waals surface area contributed by atoms with Gasteiger partial charge in [0, 0.05) is 31.6 Å². The van der Waals surface area contributed by atoms with Crippen LogP contribution in [0, 0.1) is 0 Å². The van der Waals surface area contributed by atoms with Crippen LogP contribution in [0.4, 0.5) is 4.39 Å². The number of rotatable bonds is 7. The number of hydrogen-bond acceptors (Lipinski definition) is 6. The second kappa shape index (κ2) is 10.8. The Morgan fingerprint density at radius 1 is 1.30 bits per heavy atom. The summed E-state index contributed by atoms with van der Waals surface area (Å²) in [5.41, 5.74) is 7.82. The third kappa shape index (κ3) is 5.12. The molecule has 3 aromatic rings. The molecule has 1 aliphatic rings. The number of aromatic nitrogens is 2. The molecule has 0 radical (unpaired) electrons. The van der Waals surface area contributed by atoms with E-state index in [2.05, 4.69) is 5.32 Å². The number of nitrogens with two attached hydrogens (primary N) is 1. The lowest BCUT2D eigenvalue weighted by molar-refractivity contribution is 0.0785. The first-order chi connectivity index (χ1) is 15.5. The van der Waals surface area contributed by atoms with Crippen LogP contribution < -0.4 is 11.1 Å². The van der Waals surface area contributed by atoms with E-state index in [0.29, 0.717) is 19.6 Å². The molecule has 10 heteroatoms. The fraction of sp³-hybridized carbons (Fsp3) is 0.348. The molecule has 33 heavy (non-hydrogen) atoms. The molecule has 1 aromatic heterocycles. The predicted molar refractivity (Wildman–Crippen MR) is 130 cm³/mol. The summed E-state index contributed by atoms with van der Waals surface area (Å²) in [6.07, 6.45) is 2.01. The number of nitrogens with one attached hydrogen (secondary N) is 1. The van der Waals surface area contributed by atoms with Crippen molar-refractivity contribution in [1.82, 2.24) is 14.9 Å². The Balaban J connectivity index is 0.00000306. The number of morpholine rings is 1. The van der Waals surface area contributed by atoms with Crippen LogP contribution in [0.2, 0.25) is 0 Å². The topological polar surface area (TPSA) is 99.2 Å². The van der Waals surface area contributed by atoms with Gasteiger partial charge in [-0.05, 0) is 29.8 Å². The van der Waals surface area contributed by atoms with Crippen LogP contribution in [0.1, 0.15) is 12.7 Å². The Hall–Kier alpha value is -2.30. The molecule has 4 rings (SSSR count). The summed E-state index contributed by atoms with van der Waals surface area (Å²) in [6.45, 7) is 3.48. The van der Waals surface area contributed by atoms with Crippen LogP contribution in [-0.4, -0.2) is 49.6 Å². The number of aryl methyl sites for hydroxylation is 1. The Bertz CT molecular complexity index is 1240. The minimum Gasteiger partial charge on any atom is -0.359 e. The van der Waals surface area contributed by atoms with E-state index in [4.69, 9.17) is 15.5 Å². The van der Waals surface area contributed by atoms with Gasteiger partial charge in [-0.25, -0.2) is 17.8 Å². The van der Waals surface area contributed by atoms with E-state index in [9.17, 15) is 12.8 Å².